The van der Waals surface area contributed by atoms with Crippen LogP contribution < -0.4 is 10.6 Å². The zero-order valence-electron chi connectivity index (χ0n) is 30.4. The maximum Gasteiger partial charge on any atom is 0.415 e. The Morgan fingerprint density at radius 3 is 2.32 bits per heavy atom. The smallest absolute Gasteiger partial charge is 0.415 e. The number of aliphatic hydroxyl groups excluding tert-OH is 1. The molecule has 18 heteroatoms. The minimum atomic E-state index is -2.29. The Kier molecular flexibility index (Phi) is 13.8. The Labute approximate surface area is 305 Å². The largest absolute Gasteiger partial charge is 0.463 e. The molecule has 1 aliphatic heterocycles. The van der Waals surface area contributed by atoms with Gasteiger partial charge in [-0.25, -0.2) is 19.4 Å². The Balaban J connectivity index is 1.94. The van der Waals surface area contributed by atoms with E-state index in [0.717, 1.165) is 6.92 Å². The number of rotatable bonds is 12. The van der Waals surface area contributed by atoms with Gasteiger partial charge in [0.15, 0.2) is 11.9 Å². The molecule has 3 rings (SSSR count). The van der Waals surface area contributed by atoms with Crippen molar-refractivity contribution in [1.82, 2.24) is 15.6 Å². The van der Waals surface area contributed by atoms with E-state index in [1.807, 2.05) is 6.07 Å². The van der Waals surface area contributed by atoms with Crippen molar-refractivity contribution in [1.29, 1.82) is 10.7 Å². The van der Waals surface area contributed by atoms with Crippen LogP contribution in [-0.2, 0) is 54.8 Å². The molecule has 1 aliphatic rings. The molecule has 2 amide bonds. The number of nitriles is 1. The zero-order chi connectivity index (χ0) is 39.6. The van der Waals surface area contributed by atoms with Crippen molar-refractivity contribution < 1.29 is 57.5 Å². The van der Waals surface area contributed by atoms with E-state index in [9.17, 15) is 34.3 Å². The van der Waals surface area contributed by atoms with Gasteiger partial charge >= 0.3 is 30.1 Å². The van der Waals surface area contributed by atoms with Gasteiger partial charge in [-0.05, 0) is 43.9 Å². The number of aromatic amines is 1. The zero-order valence-corrected chi connectivity index (χ0v) is 30.4. The van der Waals surface area contributed by atoms with E-state index in [-0.39, 0.29) is 23.6 Å². The van der Waals surface area contributed by atoms with Crippen LogP contribution in [0.2, 0.25) is 0 Å². The molecule has 5 N–H and O–H groups in total. The van der Waals surface area contributed by atoms with Crippen molar-refractivity contribution in [2.75, 3.05) is 13.4 Å². The minimum Gasteiger partial charge on any atom is -0.463 e. The Morgan fingerprint density at radius 1 is 1.06 bits per heavy atom. The molecule has 1 saturated heterocycles. The van der Waals surface area contributed by atoms with Crippen LogP contribution in [0.3, 0.4) is 0 Å². The first-order valence-electron chi connectivity index (χ1n) is 16.3. The standard InChI is InChI=1S/C35H44N6O12/c1-20(42)49-19-50-31(46)41-29(38-18-37)22-13-14-24(39-22)35(17-36)28(44)26(23(52-35)16-48-25(43)15-21-11-9-8-10-12-21)51-30(45)27(33(2,3)4)40-32(47)53-34(5,6)7/h8-14,18,23,26-28,39,44H,15-16,19H2,1-7H3,(H,40,47)(H2,37,38,41,46)/t23-,26-,27-,28-,35+/m1/s1. The van der Waals surface area contributed by atoms with Gasteiger partial charge in [-0.3, -0.25) is 20.3 Å². The second-order valence-corrected chi connectivity index (χ2v) is 13.8. The van der Waals surface area contributed by atoms with Crippen molar-refractivity contribution >= 4 is 42.3 Å². The van der Waals surface area contributed by atoms with Gasteiger partial charge in [0.1, 0.15) is 42.9 Å². The van der Waals surface area contributed by atoms with E-state index >= 15 is 0 Å². The van der Waals surface area contributed by atoms with E-state index in [0.29, 0.717) is 11.9 Å². The number of aliphatic hydroxyl groups is 1. The number of ether oxygens (including phenoxy) is 6. The number of benzene rings is 1. The highest BCUT2D eigenvalue weighted by Crippen LogP contribution is 2.41. The quantitative estimate of drug-likeness (QED) is 0.0690. The molecule has 1 aromatic heterocycles. The molecular formula is C35H44N6O12. The summed E-state index contributed by atoms with van der Waals surface area (Å²) in [6.07, 6.45) is -6.48. The van der Waals surface area contributed by atoms with Crippen LogP contribution >= 0.6 is 0 Å². The van der Waals surface area contributed by atoms with Crippen molar-refractivity contribution in [3.8, 4) is 6.07 Å². The molecule has 0 spiro atoms. The average Bonchev–Trinajstić information content (AvgIpc) is 3.65. The predicted octanol–water partition coefficient (Wildman–Crippen LogP) is 2.73. The number of amides is 2. The van der Waals surface area contributed by atoms with Crippen LogP contribution in [0, 0.1) is 22.2 Å². The summed E-state index contributed by atoms with van der Waals surface area (Å²) in [5.74, 6) is -2.64. The first-order valence-corrected chi connectivity index (χ1v) is 16.3. The third-order valence-electron chi connectivity index (χ3n) is 7.42. The molecule has 0 aliphatic carbocycles. The molecule has 5 atom stereocenters. The normalized spacial score (nSPS) is 20.6. The van der Waals surface area contributed by atoms with E-state index < -0.39 is 84.5 Å². The number of hydrogen-bond donors (Lipinski definition) is 5. The molecule has 2 aromatic rings. The van der Waals surface area contributed by atoms with Gasteiger partial charge in [0.2, 0.25) is 12.4 Å². The van der Waals surface area contributed by atoms with Crippen molar-refractivity contribution in [2.45, 2.75) is 90.4 Å². The number of carbonyl (C=O) groups excluding carboxylic acids is 5. The lowest BCUT2D eigenvalue weighted by atomic mass is 9.86. The second kappa shape index (κ2) is 17.6. The predicted molar refractivity (Wildman–Crippen MR) is 184 cm³/mol. The summed E-state index contributed by atoms with van der Waals surface area (Å²) < 4.78 is 32.0. The number of aromatic nitrogens is 1. The van der Waals surface area contributed by atoms with E-state index in [1.165, 1.54) is 12.1 Å². The third-order valence-corrected chi connectivity index (χ3v) is 7.42. The lowest BCUT2D eigenvalue weighted by Gasteiger charge is -2.32. The summed E-state index contributed by atoms with van der Waals surface area (Å²) in [6.45, 7) is 9.77. The van der Waals surface area contributed by atoms with Crippen LogP contribution in [-0.4, -0.2) is 95.7 Å². The Hall–Kier alpha value is -5.80. The molecule has 1 fully saturated rings. The number of H-pyrrole nitrogens is 1. The number of nitrogens with zero attached hydrogens (tertiary/aromatic N) is 2. The molecule has 18 nitrogen and oxygen atoms in total. The number of amidine groups is 1. The van der Waals surface area contributed by atoms with Crippen molar-refractivity contribution in [3.63, 3.8) is 0 Å². The van der Waals surface area contributed by atoms with Gasteiger partial charge in [-0.1, -0.05) is 51.1 Å². The van der Waals surface area contributed by atoms with Gasteiger partial charge in [0.05, 0.1) is 17.8 Å². The van der Waals surface area contributed by atoms with Crippen LogP contribution in [0.25, 0.3) is 0 Å². The monoisotopic (exact) mass is 740 g/mol. The summed E-state index contributed by atoms with van der Waals surface area (Å²) in [5.41, 5.74) is -3.54. The first kappa shape index (κ1) is 41.6. The molecule has 0 bridgehead atoms. The Bertz CT molecular complexity index is 1720. The Morgan fingerprint density at radius 2 is 1.74 bits per heavy atom. The summed E-state index contributed by atoms with van der Waals surface area (Å²) in [5, 5.41) is 34.4. The van der Waals surface area contributed by atoms with Gasteiger partial charge in [0, 0.05) is 6.92 Å². The number of carbonyl (C=O) groups is 5. The van der Waals surface area contributed by atoms with Crippen LogP contribution in [0.15, 0.2) is 47.5 Å². The molecule has 1 aromatic carbocycles. The third kappa shape index (κ3) is 11.6. The van der Waals surface area contributed by atoms with E-state index in [4.69, 9.17) is 29.1 Å². The van der Waals surface area contributed by atoms with Crippen molar-refractivity contribution in [2.24, 2.45) is 10.4 Å². The van der Waals surface area contributed by atoms with Crippen LogP contribution in [0.5, 0.6) is 0 Å². The fourth-order valence-electron chi connectivity index (χ4n) is 4.98. The van der Waals surface area contributed by atoms with Gasteiger partial charge in [0.25, 0.3) is 0 Å². The molecule has 53 heavy (non-hydrogen) atoms. The fraction of sp³-hybridized carbons (Fsp3) is 0.486. The summed E-state index contributed by atoms with van der Waals surface area (Å²) >= 11 is 0. The number of alkyl carbamates (subject to hydrolysis) is 2. The van der Waals surface area contributed by atoms with Crippen LogP contribution in [0.4, 0.5) is 9.59 Å². The molecule has 286 valence electrons. The fourth-order valence-corrected chi connectivity index (χ4v) is 4.98. The summed E-state index contributed by atoms with van der Waals surface area (Å²) in [6, 6.07) is 12.0. The average molecular weight is 741 g/mol. The molecule has 0 saturated carbocycles. The molecular weight excluding hydrogens is 696 g/mol. The minimum absolute atomic E-state index is 0.0130. The van der Waals surface area contributed by atoms with Gasteiger partial charge < -0.3 is 43.8 Å². The number of hydrogen-bond acceptors (Lipinski definition) is 14. The molecule has 0 radical (unpaired) electrons. The van der Waals surface area contributed by atoms with E-state index in [2.05, 4.69) is 25.3 Å². The van der Waals surface area contributed by atoms with Crippen LogP contribution in [0.1, 0.15) is 65.4 Å². The molecule has 2 heterocycles. The number of aliphatic imine (C=N–C) groups is 1. The lowest BCUT2D eigenvalue weighted by Crippen LogP contribution is -2.53. The summed E-state index contributed by atoms with van der Waals surface area (Å²) in [7, 11) is 0. The van der Waals surface area contributed by atoms with Gasteiger partial charge in [-0.2, -0.15) is 5.26 Å². The van der Waals surface area contributed by atoms with Gasteiger partial charge in [-0.15, -0.1) is 0 Å². The van der Waals surface area contributed by atoms with E-state index in [1.54, 1.807) is 71.9 Å². The number of nitrogens with one attached hydrogen (secondary N) is 4. The topological polar surface area (TPSA) is 261 Å². The lowest BCUT2D eigenvalue weighted by molar-refractivity contribution is -0.164. The maximum absolute atomic E-state index is 13.8. The first-order chi connectivity index (χ1) is 24.8. The SMILES string of the molecule is CC(=O)OCOC(=O)NC(=NC=N)c1ccc([C@]2(C#N)O[C@H](COC(=O)Cc3ccccc3)[C@@H](OC(=O)[C@@H](NC(=O)OC(C)(C)C)C(C)(C)C)[C@H]2O)[nH]1. The number of esters is 3. The maximum atomic E-state index is 13.8. The second-order valence-electron chi connectivity index (χ2n) is 13.8. The summed E-state index contributed by atoms with van der Waals surface area (Å²) in [4.78, 5) is 69.1. The van der Waals surface area contributed by atoms with Crippen molar-refractivity contribution in [3.05, 3.63) is 59.4 Å². The highest BCUT2D eigenvalue weighted by molar-refractivity contribution is 6.07. The molecule has 0 unspecified atom stereocenters. The highest BCUT2D eigenvalue weighted by Gasteiger charge is 2.60. The highest BCUT2D eigenvalue weighted by atomic mass is 16.7.